The van der Waals surface area contributed by atoms with E-state index in [1.807, 2.05) is 0 Å². The summed E-state index contributed by atoms with van der Waals surface area (Å²) in [6.45, 7) is 1.69. The second-order valence-corrected chi connectivity index (χ2v) is 8.68. The van der Waals surface area contributed by atoms with Crippen LogP contribution in [0.1, 0.15) is 57.8 Å². The molecule has 0 spiro atoms. The normalized spacial score (nSPS) is 42.0. The fourth-order valence-electron chi connectivity index (χ4n) is 6.37. The predicted molar refractivity (Wildman–Crippen MR) is 86.7 cm³/mol. The molecule has 1 heterocycles. The van der Waals surface area contributed by atoms with Crippen LogP contribution in [0.2, 0.25) is 0 Å². The summed E-state index contributed by atoms with van der Waals surface area (Å²) in [4.78, 5) is 26.1. The van der Waals surface area contributed by atoms with Crippen molar-refractivity contribution in [2.24, 2.45) is 35.5 Å². The van der Waals surface area contributed by atoms with Gasteiger partial charge >= 0.3 is 5.97 Å². The molecule has 0 aromatic carbocycles. The van der Waals surface area contributed by atoms with Crippen molar-refractivity contribution in [1.82, 2.24) is 4.90 Å². The van der Waals surface area contributed by atoms with Gasteiger partial charge in [0.2, 0.25) is 5.91 Å². The van der Waals surface area contributed by atoms with E-state index in [0.717, 1.165) is 44.2 Å². The number of carboxylic acids is 1. The Balaban J connectivity index is 1.39. The van der Waals surface area contributed by atoms with Crippen molar-refractivity contribution in [1.29, 1.82) is 0 Å². The molecule has 5 rings (SSSR count). The number of amides is 1. The molecular formula is C19H29NO3. The Morgan fingerprint density at radius 3 is 2.26 bits per heavy atom. The van der Waals surface area contributed by atoms with Crippen LogP contribution < -0.4 is 0 Å². The lowest BCUT2D eigenvalue weighted by Crippen LogP contribution is -2.53. The molecule has 4 nitrogen and oxygen atoms in total. The van der Waals surface area contributed by atoms with Gasteiger partial charge in [0.1, 0.15) is 0 Å². The van der Waals surface area contributed by atoms with E-state index >= 15 is 0 Å². The van der Waals surface area contributed by atoms with Gasteiger partial charge in [0.15, 0.2) is 0 Å². The molecule has 0 radical (unpaired) electrons. The fourth-order valence-corrected chi connectivity index (χ4v) is 6.37. The highest BCUT2D eigenvalue weighted by Crippen LogP contribution is 2.57. The highest BCUT2D eigenvalue weighted by molar-refractivity contribution is 5.80. The van der Waals surface area contributed by atoms with E-state index in [-0.39, 0.29) is 6.42 Å². The Labute approximate surface area is 138 Å². The number of likely N-dealkylation sites (tertiary alicyclic amines) is 1. The average Bonchev–Trinajstić information content (AvgIpc) is 2.52. The Hall–Kier alpha value is -1.06. The van der Waals surface area contributed by atoms with E-state index in [4.69, 9.17) is 5.11 Å². The SMILES string of the molecule is O=C(O)CCC1CCCN(C(=O)C2C3CC4CC(C3)CC2C4)C1. The van der Waals surface area contributed by atoms with Crippen LogP contribution in [-0.4, -0.2) is 35.0 Å². The third-order valence-electron chi connectivity index (χ3n) is 7.11. The second kappa shape index (κ2) is 6.10. The number of hydrogen-bond donors (Lipinski definition) is 1. The van der Waals surface area contributed by atoms with Crippen molar-refractivity contribution < 1.29 is 14.7 Å². The van der Waals surface area contributed by atoms with E-state index in [9.17, 15) is 9.59 Å². The minimum atomic E-state index is -0.713. The monoisotopic (exact) mass is 319 g/mol. The van der Waals surface area contributed by atoms with E-state index < -0.39 is 5.97 Å². The first kappa shape index (κ1) is 15.5. The molecule has 128 valence electrons. The van der Waals surface area contributed by atoms with Gasteiger partial charge in [-0.05, 0) is 81.0 Å². The van der Waals surface area contributed by atoms with Crippen LogP contribution in [-0.2, 0) is 9.59 Å². The smallest absolute Gasteiger partial charge is 0.303 e. The maximum atomic E-state index is 13.2. The zero-order chi connectivity index (χ0) is 16.0. The first-order valence-electron chi connectivity index (χ1n) is 9.60. The molecule has 4 saturated carbocycles. The van der Waals surface area contributed by atoms with Crippen molar-refractivity contribution in [2.75, 3.05) is 13.1 Å². The summed E-state index contributed by atoms with van der Waals surface area (Å²) in [6.07, 6.45) is 9.68. The topological polar surface area (TPSA) is 57.6 Å². The molecule has 1 aliphatic heterocycles. The highest BCUT2D eigenvalue weighted by Gasteiger charge is 2.51. The van der Waals surface area contributed by atoms with Crippen molar-refractivity contribution in [3.8, 4) is 0 Å². The minimum absolute atomic E-state index is 0.241. The molecule has 1 saturated heterocycles. The second-order valence-electron chi connectivity index (χ2n) is 8.68. The van der Waals surface area contributed by atoms with E-state index in [0.29, 0.717) is 29.6 Å². The molecule has 0 aromatic heterocycles. The zero-order valence-electron chi connectivity index (χ0n) is 14.0. The Morgan fingerprint density at radius 2 is 1.65 bits per heavy atom. The fraction of sp³-hybridized carbons (Fsp3) is 0.895. The molecule has 4 bridgehead atoms. The van der Waals surface area contributed by atoms with E-state index in [1.54, 1.807) is 0 Å². The Morgan fingerprint density at radius 1 is 1.00 bits per heavy atom. The summed E-state index contributed by atoms with van der Waals surface area (Å²) < 4.78 is 0. The number of carbonyl (C=O) groups is 2. The highest BCUT2D eigenvalue weighted by atomic mass is 16.4. The van der Waals surface area contributed by atoms with E-state index in [2.05, 4.69) is 4.90 Å². The summed E-state index contributed by atoms with van der Waals surface area (Å²) in [5.74, 6) is 3.50. The van der Waals surface area contributed by atoms with Gasteiger partial charge in [-0.1, -0.05) is 0 Å². The number of carbonyl (C=O) groups excluding carboxylic acids is 1. The molecule has 4 aliphatic carbocycles. The van der Waals surface area contributed by atoms with Gasteiger partial charge in [-0.15, -0.1) is 0 Å². The molecule has 1 atom stereocenters. The minimum Gasteiger partial charge on any atom is -0.481 e. The lowest BCUT2D eigenvalue weighted by Gasteiger charge is -2.54. The molecule has 0 aromatic rings. The van der Waals surface area contributed by atoms with Crippen molar-refractivity contribution >= 4 is 11.9 Å². The van der Waals surface area contributed by atoms with Crippen molar-refractivity contribution in [3.05, 3.63) is 0 Å². The Kier molecular flexibility index (Phi) is 4.10. The quantitative estimate of drug-likeness (QED) is 0.866. The van der Waals surface area contributed by atoms with Gasteiger partial charge in [0.05, 0.1) is 0 Å². The molecule has 1 amide bonds. The summed E-state index contributed by atoms with van der Waals surface area (Å²) >= 11 is 0. The van der Waals surface area contributed by atoms with E-state index in [1.165, 1.54) is 32.1 Å². The first-order chi connectivity index (χ1) is 11.1. The number of nitrogens with zero attached hydrogens (tertiary/aromatic N) is 1. The average molecular weight is 319 g/mol. The lowest BCUT2D eigenvalue weighted by atomic mass is 9.51. The number of carboxylic acid groups (broad SMARTS) is 1. The maximum Gasteiger partial charge on any atom is 0.303 e. The van der Waals surface area contributed by atoms with Gasteiger partial charge in [0.25, 0.3) is 0 Å². The van der Waals surface area contributed by atoms with Crippen LogP contribution in [0.15, 0.2) is 0 Å². The van der Waals surface area contributed by atoms with Crippen LogP contribution in [0.5, 0.6) is 0 Å². The lowest BCUT2D eigenvalue weighted by molar-refractivity contribution is -0.151. The largest absolute Gasteiger partial charge is 0.481 e. The van der Waals surface area contributed by atoms with Crippen molar-refractivity contribution in [2.45, 2.75) is 57.8 Å². The zero-order valence-corrected chi connectivity index (χ0v) is 14.0. The standard InChI is InChI=1S/C19H29NO3/c21-17(22)4-3-12-2-1-5-20(11-12)19(23)18-15-7-13-6-14(9-15)10-16(18)8-13/h12-16,18H,1-11H2,(H,21,22). The van der Waals surface area contributed by atoms with Crippen LogP contribution in [0.25, 0.3) is 0 Å². The van der Waals surface area contributed by atoms with Crippen LogP contribution in [0, 0.1) is 35.5 Å². The van der Waals surface area contributed by atoms with Gasteiger partial charge in [0, 0.05) is 25.4 Å². The van der Waals surface area contributed by atoms with Crippen LogP contribution >= 0.6 is 0 Å². The molecule has 1 unspecified atom stereocenters. The van der Waals surface area contributed by atoms with Gasteiger partial charge in [-0.2, -0.15) is 0 Å². The molecule has 5 fully saturated rings. The van der Waals surface area contributed by atoms with Gasteiger partial charge < -0.3 is 10.0 Å². The third-order valence-corrected chi connectivity index (χ3v) is 7.11. The van der Waals surface area contributed by atoms with Crippen LogP contribution in [0.4, 0.5) is 0 Å². The Bertz CT molecular complexity index is 461. The van der Waals surface area contributed by atoms with Gasteiger partial charge in [-0.25, -0.2) is 0 Å². The molecular weight excluding hydrogens is 290 g/mol. The predicted octanol–water partition coefficient (Wildman–Crippen LogP) is 3.16. The summed E-state index contributed by atoms with van der Waals surface area (Å²) in [5.41, 5.74) is 0. The summed E-state index contributed by atoms with van der Waals surface area (Å²) in [7, 11) is 0. The molecule has 5 aliphatic rings. The van der Waals surface area contributed by atoms with Crippen molar-refractivity contribution in [3.63, 3.8) is 0 Å². The molecule has 4 heteroatoms. The van der Waals surface area contributed by atoms with Gasteiger partial charge in [-0.3, -0.25) is 9.59 Å². The first-order valence-corrected chi connectivity index (χ1v) is 9.60. The van der Waals surface area contributed by atoms with Crippen LogP contribution in [0.3, 0.4) is 0 Å². The summed E-state index contributed by atoms with van der Waals surface area (Å²) in [6, 6.07) is 0. The number of hydrogen-bond acceptors (Lipinski definition) is 2. The summed E-state index contributed by atoms with van der Waals surface area (Å²) in [5, 5.41) is 8.88. The number of piperidine rings is 1. The maximum absolute atomic E-state index is 13.2. The number of aliphatic carboxylic acids is 1. The third kappa shape index (κ3) is 3.01. The molecule has 23 heavy (non-hydrogen) atoms. The molecule has 1 N–H and O–H groups in total. The number of rotatable bonds is 4.